The van der Waals surface area contributed by atoms with Crippen LogP contribution in [-0.2, 0) is 0 Å². The summed E-state index contributed by atoms with van der Waals surface area (Å²) in [5.74, 6) is 1.29. The number of hydrogen-bond donors (Lipinski definition) is 1. The van der Waals surface area contributed by atoms with E-state index >= 15 is 0 Å². The van der Waals surface area contributed by atoms with Crippen LogP contribution in [0.25, 0.3) is 0 Å². The molecule has 1 aliphatic heterocycles. The molecule has 0 amide bonds. The monoisotopic (exact) mass is 382 g/mol. The highest BCUT2D eigenvalue weighted by Crippen LogP contribution is 2.11. The average molecular weight is 382 g/mol. The second-order valence-electron chi connectivity index (χ2n) is 5.34. The Hall–Kier alpha value is -0.0400. The van der Waals surface area contributed by atoms with Crippen LogP contribution in [-0.4, -0.2) is 55.0 Å². The van der Waals surface area contributed by atoms with Crippen LogP contribution in [0.1, 0.15) is 40.0 Å². The lowest BCUT2D eigenvalue weighted by atomic mass is 10.1. The third-order valence-electron chi connectivity index (χ3n) is 3.67. The first-order valence-electron chi connectivity index (χ1n) is 7.44. The highest BCUT2D eigenvalue weighted by atomic mass is 127. The molecule has 1 saturated heterocycles. The second kappa shape index (κ2) is 10.7. The number of likely N-dealkylation sites (tertiary alicyclic amines) is 1. The van der Waals surface area contributed by atoms with E-state index in [-0.39, 0.29) is 24.0 Å². The Balaban J connectivity index is 0.00000324. The van der Waals surface area contributed by atoms with Crippen molar-refractivity contribution in [3.8, 4) is 0 Å². The van der Waals surface area contributed by atoms with Gasteiger partial charge in [0.15, 0.2) is 5.96 Å². The first-order valence-corrected chi connectivity index (χ1v) is 7.44. The van der Waals surface area contributed by atoms with Crippen molar-refractivity contribution in [3.05, 3.63) is 0 Å². The Bertz CT molecular complexity index is 248. The van der Waals surface area contributed by atoms with Gasteiger partial charge in [-0.3, -0.25) is 4.99 Å². The van der Waals surface area contributed by atoms with Crippen LogP contribution >= 0.6 is 24.0 Å². The third kappa shape index (κ3) is 7.34. The lowest BCUT2D eigenvalue weighted by Gasteiger charge is -2.28. The van der Waals surface area contributed by atoms with Gasteiger partial charge in [-0.25, -0.2) is 0 Å². The lowest BCUT2D eigenvalue weighted by molar-refractivity contribution is 0.202. The SMILES string of the molecule is CCN(CC)C(N)=NCC(C)CN1CCCCC1.I. The van der Waals surface area contributed by atoms with Crippen molar-refractivity contribution in [1.29, 1.82) is 0 Å². The lowest BCUT2D eigenvalue weighted by Crippen LogP contribution is -2.38. The maximum absolute atomic E-state index is 5.98. The van der Waals surface area contributed by atoms with Crippen molar-refractivity contribution in [2.24, 2.45) is 16.6 Å². The minimum absolute atomic E-state index is 0. The molecule has 1 fully saturated rings. The van der Waals surface area contributed by atoms with E-state index in [1.54, 1.807) is 0 Å². The van der Waals surface area contributed by atoms with Gasteiger partial charge in [-0.05, 0) is 45.7 Å². The van der Waals surface area contributed by atoms with Gasteiger partial charge in [0.2, 0.25) is 0 Å². The van der Waals surface area contributed by atoms with Crippen molar-refractivity contribution >= 4 is 29.9 Å². The van der Waals surface area contributed by atoms with Gasteiger partial charge < -0.3 is 15.5 Å². The van der Waals surface area contributed by atoms with E-state index in [9.17, 15) is 0 Å². The average Bonchev–Trinajstić information content (AvgIpc) is 2.39. The van der Waals surface area contributed by atoms with Crippen LogP contribution in [0, 0.1) is 5.92 Å². The molecule has 2 N–H and O–H groups in total. The molecule has 19 heavy (non-hydrogen) atoms. The second-order valence-corrected chi connectivity index (χ2v) is 5.34. The molecule has 0 spiro atoms. The molecule has 0 saturated carbocycles. The Labute approximate surface area is 135 Å². The number of piperidine rings is 1. The Morgan fingerprint density at radius 1 is 1.21 bits per heavy atom. The van der Waals surface area contributed by atoms with Crippen molar-refractivity contribution in [2.75, 3.05) is 39.3 Å². The molecule has 5 heteroatoms. The normalized spacial score (nSPS) is 18.8. The van der Waals surface area contributed by atoms with Crippen LogP contribution in [0.15, 0.2) is 4.99 Å². The fourth-order valence-electron chi connectivity index (χ4n) is 2.54. The smallest absolute Gasteiger partial charge is 0.191 e. The number of hydrogen-bond acceptors (Lipinski definition) is 2. The Morgan fingerprint density at radius 3 is 2.32 bits per heavy atom. The highest BCUT2D eigenvalue weighted by molar-refractivity contribution is 14.0. The Kier molecular flexibility index (Phi) is 10.7. The van der Waals surface area contributed by atoms with E-state index in [1.165, 1.54) is 32.4 Å². The Morgan fingerprint density at radius 2 is 1.79 bits per heavy atom. The third-order valence-corrected chi connectivity index (χ3v) is 3.67. The van der Waals surface area contributed by atoms with Gasteiger partial charge in [0, 0.05) is 26.2 Å². The predicted octanol–water partition coefficient (Wildman–Crippen LogP) is 2.38. The summed E-state index contributed by atoms with van der Waals surface area (Å²) in [6, 6.07) is 0. The van der Waals surface area contributed by atoms with Gasteiger partial charge >= 0.3 is 0 Å². The van der Waals surface area contributed by atoms with Crippen molar-refractivity contribution in [1.82, 2.24) is 9.80 Å². The van der Waals surface area contributed by atoms with E-state index in [1.807, 2.05) is 0 Å². The molecule has 0 aliphatic carbocycles. The van der Waals surface area contributed by atoms with E-state index in [0.29, 0.717) is 11.9 Å². The predicted molar refractivity (Wildman–Crippen MR) is 94.3 cm³/mol. The molecule has 1 rings (SSSR count). The molecule has 1 heterocycles. The summed E-state index contributed by atoms with van der Waals surface area (Å²) in [6.07, 6.45) is 4.12. The van der Waals surface area contributed by atoms with Crippen LogP contribution in [0.2, 0.25) is 0 Å². The number of aliphatic imine (C=N–C) groups is 1. The van der Waals surface area contributed by atoms with Crippen LogP contribution in [0.4, 0.5) is 0 Å². The van der Waals surface area contributed by atoms with Gasteiger partial charge in [-0.1, -0.05) is 13.3 Å². The largest absolute Gasteiger partial charge is 0.370 e. The zero-order chi connectivity index (χ0) is 13.4. The van der Waals surface area contributed by atoms with Crippen LogP contribution in [0.5, 0.6) is 0 Å². The summed E-state index contributed by atoms with van der Waals surface area (Å²) in [5, 5.41) is 0. The van der Waals surface area contributed by atoms with Gasteiger partial charge in [0.1, 0.15) is 0 Å². The number of rotatable bonds is 6. The maximum Gasteiger partial charge on any atom is 0.191 e. The summed E-state index contributed by atoms with van der Waals surface area (Å²) >= 11 is 0. The molecule has 114 valence electrons. The fraction of sp³-hybridized carbons (Fsp3) is 0.929. The molecular formula is C14H31IN4. The summed E-state index contributed by atoms with van der Waals surface area (Å²) in [7, 11) is 0. The van der Waals surface area contributed by atoms with Crippen molar-refractivity contribution < 1.29 is 0 Å². The minimum Gasteiger partial charge on any atom is -0.370 e. The fourth-order valence-corrected chi connectivity index (χ4v) is 2.54. The van der Waals surface area contributed by atoms with Crippen LogP contribution < -0.4 is 5.73 Å². The van der Waals surface area contributed by atoms with Gasteiger partial charge in [0.25, 0.3) is 0 Å². The quantitative estimate of drug-likeness (QED) is 0.436. The molecule has 1 aliphatic rings. The minimum atomic E-state index is 0. The van der Waals surface area contributed by atoms with Crippen molar-refractivity contribution in [3.63, 3.8) is 0 Å². The van der Waals surface area contributed by atoms with E-state index in [4.69, 9.17) is 5.73 Å². The summed E-state index contributed by atoms with van der Waals surface area (Å²) in [6.45, 7) is 12.9. The van der Waals surface area contributed by atoms with Gasteiger partial charge in [-0.15, -0.1) is 24.0 Å². The molecule has 0 radical (unpaired) electrons. The zero-order valence-electron chi connectivity index (χ0n) is 12.8. The zero-order valence-corrected chi connectivity index (χ0v) is 15.1. The summed E-state index contributed by atoms with van der Waals surface area (Å²) in [4.78, 5) is 9.20. The maximum atomic E-state index is 5.98. The molecule has 0 bridgehead atoms. The first-order chi connectivity index (χ1) is 8.67. The molecule has 0 aromatic carbocycles. The number of halogens is 1. The molecule has 1 atom stereocenters. The molecule has 0 aromatic rings. The molecular weight excluding hydrogens is 351 g/mol. The van der Waals surface area contributed by atoms with Crippen molar-refractivity contribution in [2.45, 2.75) is 40.0 Å². The van der Waals surface area contributed by atoms with E-state index in [2.05, 4.69) is 35.6 Å². The topological polar surface area (TPSA) is 44.9 Å². The molecule has 1 unspecified atom stereocenters. The van der Waals surface area contributed by atoms with E-state index < -0.39 is 0 Å². The standard InChI is InChI=1S/C14H30N4.HI/c1-4-18(5-2)14(15)16-11-13(3)12-17-9-7-6-8-10-17;/h13H,4-12H2,1-3H3,(H2,15,16);1H. The van der Waals surface area contributed by atoms with Gasteiger partial charge in [0.05, 0.1) is 0 Å². The number of guanidine groups is 1. The number of nitrogens with two attached hydrogens (primary N) is 1. The highest BCUT2D eigenvalue weighted by Gasteiger charge is 2.13. The summed E-state index contributed by atoms with van der Waals surface area (Å²) < 4.78 is 0. The van der Waals surface area contributed by atoms with Crippen LogP contribution in [0.3, 0.4) is 0 Å². The summed E-state index contributed by atoms with van der Waals surface area (Å²) in [5.41, 5.74) is 5.98. The molecule has 4 nitrogen and oxygen atoms in total. The van der Waals surface area contributed by atoms with E-state index in [0.717, 1.165) is 26.2 Å². The number of nitrogens with zero attached hydrogens (tertiary/aromatic N) is 3. The first kappa shape index (κ1) is 19.0. The van der Waals surface area contributed by atoms with Gasteiger partial charge in [-0.2, -0.15) is 0 Å². The molecule has 0 aromatic heterocycles.